The molecule has 0 spiro atoms. The van der Waals surface area contributed by atoms with Crippen molar-refractivity contribution in [1.82, 2.24) is 5.32 Å². The van der Waals surface area contributed by atoms with Crippen LogP contribution >= 0.6 is 0 Å². The van der Waals surface area contributed by atoms with Crippen molar-refractivity contribution in [3.63, 3.8) is 0 Å². The second kappa shape index (κ2) is 6.24. The van der Waals surface area contributed by atoms with Crippen molar-refractivity contribution in [3.05, 3.63) is 29.8 Å². The van der Waals surface area contributed by atoms with Gasteiger partial charge in [-0.05, 0) is 50.3 Å². The highest BCUT2D eigenvalue weighted by molar-refractivity contribution is 5.33. The van der Waals surface area contributed by atoms with Crippen molar-refractivity contribution in [3.8, 4) is 5.75 Å². The van der Waals surface area contributed by atoms with Gasteiger partial charge in [-0.15, -0.1) is 0 Å². The first kappa shape index (κ1) is 13.4. The zero-order chi connectivity index (χ0) is 12.8. The smallest absolute Gasteiger partial charge is 0.122 e. The number of methoxy groups -OCH3 is 1. The van der Waals surface area contributed by atoms with E-state index in [0.717, 1.165) is 12.2 Å². The highest BCUT2D eigenvalue weighted by atomic mass is 16.5. The molecule has 18 heavy (non-hydrogen) atoms. The van der Waals surface area contributed by atoms with Gasteiger partial charge in [0.2, 0.25) is 0 Å². The number of nitrogens with one attached hydrogen (secondary N) is 1. The van der Waals surface area contributed by atoms with Gasteiger partial charge in [0.1, 0.15) is 5.75 Å². The summed E-state index contributed by atoms with van der Waals surface area (Å²) in [6.45, 7) is 3.49. The average molecular weight is 247 g/mol. The maximum absolute atomic E-state index is 5.43. The molecule has 1 N–H and O–H groups in total. The minimum absolute atomic E-state index is 0.360. The second-order valence-corrected chi connectivity index (χ2v) is 5.33. The van der Waals surface area contributed by atoms with Crippen molar-refractivity contribution in [2.24, 2.45) is 0 Å². The van der Waals surface area contributed by atoms with Gasteiger partial charge in [0.15, 0.2) is 0 Å². The van der Waals surface area contributed by atoms with Crippen LogP contribution in [0.5, 0.6) is 5.75 Å². The fourth-order valence-electron chi connectivity index (χ4n) is 3.01. The molecule has 0 radical (unpaired) electrons. The summed E-state index contributed by atoms with van der Waals surface area (Å²) in [6, 6.07) is 8.38. The molecule has 2 nitrogen and oxygen atoms in total. The van der Waals surface area contributed by atoms with Crippen LogP contribution in [-0.4, -0.2) is 19.2 Å². The van der Waals surface area contributed by atoms with Gasteiger partial charge in [-0.25, -0.2) is 0 Å². The quantitative estimate of drug-likeness (QED) is 0.859. The first-order valence-corrected chi connectivity index (χ1v) is 7.16. The van der Waals surface area contributed by atoms with Crippen molar-refractivity contribution < 1.29 is 4.74 Å². The Bertz CT molecular complexity index is 369. The summed E-state index contributed by atoms with van der Waals surface area (Å²) in [7, 11) is 1.76. The summed E-state index contributed by atoms with van der Waals surface area (Å²) in [4.78, 5) is 0. The summed E-state index contributed by atoms with van der Waals surface area (Å²) in [5.41, 5.74) is 1.69. The van der Waals surface area contributed by atoms with Crippen LogP contribution in [0.3, 0.4) is 0 Å². The maximum atomic E-state index is 5.43. The molecule has 0 amide bonds. The van der Waals surface area contributed by atoms with Gasteiger partial charge >= 0.3 is 0 Å². The Hall–Kier alpha value is -1.02. The van der Waals surface area contributed by atoms with Crippen molar-refractivity contribution >= 4 is 0 Å². The third-order valence-electron chi connectivity index (χ3n) is 4.32. The largest absolute Gasteiger partial charge is 0.496 e. The van der Waals surface area contributed by atoms with Gasteiger partial charge in [-0.1, -0.05) is 31.5 Å². The molecule has 1 fully saturated rings. The van der Waals surface area contributed by atoms with E-state index >= 15 is 0 Å². The number of para-hydroxylation sites is 1. The molecule has 1 heterocycles. The number of rotatable bonds is 5. The van der Waals surface area contributed by atoms with Crippen LogP contribution < -0.4 is 10.1 Å². The molecule has 1 aromatic rings. The lowest BCUT2D eigenvalue weighted by Gasteiger charge is -2.38. The van der Waals surface area contributed by atoms with Crippen LogP contribution in [-0.2, 0) is 6.42 Å². The fraction of sp³-hybridized carbons (Fsp3) is 0.625. The SMILES string of the molecule is CCC1(CCc2ccccc2OC)CCCCN1. The minimum Gasteiger partial charge on any atom is -0.496 e. The van der Waals surface area contributed by atoms with Gasteiger partial charge < -0.3 is 10.1 Å². The van der Waals surface area contributed by atoms with Crippen molar-refractivity contribution in [2.75, 3.05) is 13.7 Å². The fourth-order valence-corrected chi connectivity index (χ4v) is 3.01. The van der Waals surface area contributed by atoms with E-state index in [-0.39, 0.29) is 0 Å². The van der Waals surface area contributed by atoms with Gasteiger partial charge in [0.05, 0.1) is 7.11 Å². The monoisotopic (exact) mass is 247 g/mol. The van der Waals surface area contributed by atoms with Crippen LogP contribution in [0.4, 0.5) is 0 Å². The molecule has 1 aliphatic heterocycles. The standard InChI is InChI=1S/C16H25NO/c1-3-16(11-6-7-13-17-16)12-10-14-8-4-5-9-15(14)18-2/h4-5,8-9,17H,3,6-7,10-13H2,1-2H3. The van der Waals surface area contributed by atoms with Crippen LogP contribution in [0.2, 0.25) is 0 Å². The number of ether oxygens (including phenoxy) is 1. The molecule has 1 aromatic carbocycles. The van der Waals surface area contributed by atoms with E-state index in [9.17, 15) is 0 Å². The summed E-state index contributed by atoms with van der Waals surface area (Å²) < 4.78 is 5.43. The zero-order valence-corrected chi connectivity index (χ0v) is 11.7. The van der Waals surface area contributed by atoms with Crippen molar-refractivity contribution in [2.45, 2.75) is 51.0 Å². The first-order chi connectivity index (χ1) is 8.79. The van der Waals surface area contributed by atoms with E-state index < -0.39 is 0 Å². The minimum atomic E-state index is 0.360. The molecule has 1 saturated heterocycles. The van der Waals surface area contributed by atoms with Crippen LogP contribution in [0, 0.1) is 0 Å². The number of benzene rings is 1. The van der Waals surface area contributed by atoms with Crippen LogP contribution in [0.15, 0.2) is 24.3 Å². The van der Waals surface area contributed by atoms with Gasteiger partial charge in [-0.3, -0.25) is 0 Å². The van der Waals surface area contributed by atoms with E-state index in [1.54, 1.807) is 7.11 Å². The number of piperidine rings is 1. The molecule has 1 atom stereocenters. The summed E-state index contributed by atoms with van der Waals surface area (Å²) in [5.74, 6) is 1.03. The number of hydrogen-bond donors (Lipinski definition) is 1. The molecule has 100 valence electrons. The summed E-state index contributed by atoms with van der Waals surface area (Å²) in [6.07, 6.45) is 7.55. The Morgan fingerprint density at radius 3 is 2.78 bits per heavy atom. The Morgan fingerprint density at radius 1 is 1.28 bits per heavy atom. The lowest BCUT2D eigenvalue weighted by molar-refractivity contribution is 0.228. The predicted molar refractivity (Wildman–Crippen MR) is 76.2 cm³/mol. The molecule has 2 rings (SSSR count). The molecular formula is C16H25NO. The number of aryl methyl sites for hydroxylation is 1. The first-order valence-electron chi connectivity index (χ1n) is 7.16. The van der Waals surface area contributed by atoms with Crippen molar-refractivity contribution in [1.29, 1.82) is 0 Å². The molecule has 0 saturated carbocycles. The average Bonchev–Trinajstić information content (AvgIpc) is 2.46. The molecular weight excluding hydrogens is 222 g/mol. The third-order valence-corrected chi connectivity index (χ3v) is 4.32. The molecule has 1 aliphatic rings. The molecule has 2 heteroatoms. The summed E-state index contributed by atoms with van der Waals surface area (Å²) in [5, 5.41) is 3.75. The molecule has 0 bridgehead atoms. The van der Waals surface area contributed by atoms with E-state index in [2.05, 4.69) is 30.4 Å². The lowest BCUT2D eigenvalue weighted by atomic mass is 9.81. The van der Waals surface area contributed by atoms with Gasteiger partial charge in [0.25, 0.3) is 0 Å². The summed E-state index contributed by atoms with van der Waals surface area (Å²) >= 11 is 0. The Labute approximate surface area is 111 Å². The van der Waals surface area contributed by atoms with Gasteiger partial charge in [0, 0.05) is 5.54 Å². The van der Waals surface area contributed by atoms with E-state index in [1.807, 2.05) is 6.07 Å². The highest BCUT2D eigenvalue weighted by Gasteiger charge is 2.29. The van der Waals surface area contributed by atoms with E-state index in [1.165, 1.54) is 44.2 Å². The maximum Gasteiger partial charge on any atom is 0.122 e. The Morgan fingerprint density at radius 2 is 2.11 bits per heavy atom. The molecule has 0 aromatic heterocycles. The van der Waals surface area contributed by atoms with E-state index in [0.29, 0.717) is 5.54 Å². The lowest BCUT2D eigenvalue weighted by Crippen LogP contribution is -2.48. The number of hydrogen-bond acceptors (Lipinski definition) is 2. The zero-order valence-electron chi connectivity index (χ0n) is 11.7. The highest BCUT2D eigenvalue weighted by Crippen LogP contribution is 2.29. The Balaban J connectivity index is 2.01. The molecule has 1 unspecified atom stereocenters. The predicted octanol–water partition coefficient (Wildman–Crippen LogP) is 3.55. The third kappa shape index (κ3) is 3.05. The van der Waals surface area contributed by atoms with Gasteiger partial charge in [-0.2, -0.15) is 0 Å². The Kier molecular flexibility index (Phi) is 4.65. The normalized spacial score (nSPS) is 23.9. The molecule has 0 aliphatic carbocycles. The van der Waals surface area contributed by atoms with Crippen LogP contribution in [0.1, 0.15) is 44.6 Å². The van der Waals surface area contributed by atoms with E-state index in [4.69, 9.17) is 4.74 Å². The van der Waals surface area contributed by atoms with Crippen LogP contribution in [0.25, 0.3) is 0 Å². The second-order valence-electron chi connectivity index (χ2n) is 5.33. The topological polar surface area (TPSA) is 21.3 Å².